The standard InChI is InChI=1S/C18H34N2O2/c1-9-20-14(21)18(22-17(20,8)10-13(2)3)11-15(4,5)19-16(6,7)12-18/h13,19H,9-12H2,1-8H3. The van der Waals surface area contributed by atoms with E-state index in [0.29, 0.717) is 12.5 Å². The van der Waals surface area contributed by atoms with E-state index >= 15 is 0 Å². The quantitative estimate of drug-likeness (QED) is 0.869. The fraction of sp³-hybridized carbons (Fsp3) is 0.944. The number of amides is 1. The number of likely N-dealkylation sites (N-methyl/N-ethyl adjacent to an activating group) is 1. The second kappa shape index (κ2) is 5.20. The fourth-order valence-corrected chi connectivity index (χ4v) is 5.09. The van der Waals surface area contributed by atoms with Crippen LogP contribution in [0.5, 0.6) is 0 Å². The Bertz CT molecular complexity index is 440. The van der Waals surface area contributed by atoms with Crippen molar-refractivity contribution in [1.82, 2.24) is 10.2 Å². The minimum absolute atomic E-state index is 0.111. The summed E-state index contributed by atoms with van der Waals surface area (Å²) in [5.41, 5.74) is -1.39. The number of ether oxygens (including phenoxy) is 1. The molecule has 1 unspecified atom stereocenters. The van der Waals surface area contributed by atoms with Crippen molar-refractivity contribution in [3.8, 4) is 0 Å². The van der Waals surface area contributed by atoms with Crippen LogP contribution < -0.4 is 5.32 Å². The molecule has 4 nitrogen and oxygen atoms in total. The Labute approximate surface area is 136 Å². The van der Waals surface area contributed by atoms with Crippen molar-refractivity contribution in [2.45, 2.75) is 97.1 Å². The Hall–Kier alpha value is -0.610. The summed E-state index contributed by atoms with van der Waals surface area (Å²) in [5, 5.41) is 3.65. The Kier molecular flexibility index (Phi) is 4.19. The van der Waals surface area contributed by atoms with E-state index in [-0.39, 0.29) is 17.0 Å². The van der Waals surface area contributed by atoms with Crippen LogP contribution in [0.25, 0.3) is 0 Å². The molecule has 2 aliphatic rings. The number of carbonyl (C=O) groups excluding carboxylic acids is 1. The van der Waals surface area contributed by atoms with Crippen LogP contribution in [0.4, 0.5) is 0 Å². The highest BCUT2D eigenvalue weighted by Gasteiger charge is 2.62. The van der Waals surface area contributed by atoms with Gasteiger partial charge in [0.05, 0.1) is 0 Å². The molecule has 4 heteroatoms. The summed E-state index contributed by atoms with van der Waals surface area (Å²) in [5.74, 6) is 0.672. The van der Waals surface area contributed by atoms with Gasteiger partial charge in [0.1, 0.15) is 5.72 Å². The van der Waals surface area contributed by atoms with Gasteiger partial charge in [0.2, 0.25) is 0 Å². The van der Waals surface area contributed by atoms with E-state index in [9.17, 15) is 4.79 Å². The van der Waals surface area contributed by atoms with Crippen LogP contribution in [-0.2, 0) is 9.53 Å². The molecule has 0 saturated carbocycles. The summed E-state index contributed by atoms with van der Waals surface area (Å²) < 4.78 is 6.61. The first-order valence-electron chi connectivity index (χ1n) is 8.66. The topological polar surface area (TPSA) is 41.6 Å². The molecule has 2 saturated heterocycles. The number of hydrogen-bond acceptors (Lipinski definition) is 3. The predicted octanol–water partition coefficient (Wildman–Crippen LogP) is 3.31. The third-order valence-corrected chi connectivity index (χ3v) is 4.86. The maximum absolute atomic E-state index is 13.3. The van der Waals surface area contributed by atoms with E-state index in [0.717, 1.165) is 19.3 Å². The van der Waals surface area contributed by atoms with E-state index in [4.69, 9.17) is 4.74 Å². The zero-order valence-corrected chi connectivity index (χ0v) is 15.7. The Morgan fingerprint density at radius 1 is 1.14 bits per heavy atom. The molecule has 2 fully saturated rings. The molecule has 0 aromatic rings. The van der Waals surface area contributed by atoms with Gasteiger partial charge in [-0.05, 0) is 53.9 Å². The van der Waals surface area contributed by atoms with Gasteiger partial charge >= 0.3 is 0 Å². The van der Waals surface area contributed by atoms with Crippen molar-refractivity contribution >= 4 is 5.91 Å². The zero-order chi connectivity index (χ0) is 17.0. The van der Waals surface area contributed by atoms with E-state index in [2.05, 4.69) is 60.7 Å². The summed E-state index contributed by atoms with van der Waals surface area (Å²) in [6, 6.07) is 0. The van der Waals surface area contributed by atoms with Crippen molar-refractivity contribution in [3.63, 3.8) is 0 Å². The molecule has 0 radical (unpaired) electrons. The van der Waals surface area contributed by atoms with Crippen molar-refractivity contribution in [3.05, 3.63) is 0 Å². The molecule has 0 aliphatic carbocycles. The third kappa shape index (κ3) is 3.05. The van der Waals surface area contributed by atoms with Crippen molar-refractivity contribution < 1.29 is 9.53 Å². The van der Waals surface area contributed by atoms with Crippen LogP contribution in [0, 0.1) is 5.92 Å². The summed E-state index contributed by atoms with van der Waals surface area (Å²) in [4.78, 5) is 15.2. The van der Waals surface area contributed by atoms with E-state index < -0.39 is 11.3 Å². The van der Waals surface area contributed by atoms with E-state index in [1.807, 2.05) is 4.90 Å². The normalized spacial score (nSPS) is 33.0. The van der Waals surface area contributed by atoms with Gasteiger partial charge in [-0.25, -0.2) is 0 Å². The lowest BCUT2D eigenvalue weighted by molar-refractivity contribution is -0.167. The molecule has 1 amide bonds. The van der Waals surface area contributed by atoms with Crippen LogP contribution in [0.1, 0.15) is 74.7 Å². The lowest BCUT2D eigenvalue weighted by Crippen LogP contribution is -2.65. The lowest BCUT2D eigenvalue weighted by atomic mass is 9.72. The maximum atomic E-state index is 13.3. The highest BCUT2D eigenvalue weighted by atomic mass is 16.6. The van der Waals surface area contributed by atoms with Gasteiger partial charge in [-0.2, -0.15) is 0 Å². The first kappa shape index (κ1) is 17.7. The molecular formula is C18H34N2O2. The second-order valence-corrected chi connectivity index (χ2v) is 9.17. The molecule has 2 rings (SSSR count). The van der Waals surface area contributed by atoms with Gasteiger partial charge in [0.25, 0.3) is 5.91 Å². The van der Waals surface area contributed by atoms with Gasteiger partial charge in [-0.1, -0.05) is 13.8 Å². The molecule has 1 atom stereocenters. The van der Waals surface area contributed by atoms with Gasteiger partial charge in [-0.15, -0.1) is 0 Å². The predicted molar refractivity (Wildman–Crippen MR) is 89.6 cm³/mol. The number of nitrogens with zero attached hydrogens (tertiary/aromatic N) is 1. The Morgan fingerprint density at radius 3 is 2.05 bits per heavy atom. The fourth-order valence-electron chi connectivity index (χ4n) is 5.09. The van der Waals surface area contributed by atoms with E-state index in [1.54, 1.807) is 0 Å². The molecule has 2 heterocycles. The van der Waals surface area contributed by atoms with Crippen LogP contribution in [0.15, 0.2) is 0 Å². The van der Waals surface area contributed by atoms with Crippen LogP contribution in [0.2, 0.25) is 0 Å². The molecule has 0 aromatic carbocycles. The van der Waals surface area contributed by atoms with Crippen molar-refractivity contribution in [1.29, 1.82) is 0 Å². The molecule has 22 heavy (non-hydrogen) atoms. The van der Waals surface area contributed by atoms with Gasteiger partial charge < -0.3 is 15.0 Å². The Morgan fingerprint density at radius 2 is 1.64 bits per heavy atom. The summed E-state index contributed by atoms with van der Waals surface area (Å²) in [7, 11) is 0. The number of rotatable bonds is 3. The highest BCUT2D eigenvalue weighted by Crippen LogP contribution is 2.48. The Balaban J connectivity index is 2.41. The minimum Gasteiger partial charge on any atom is -0.339 e. The summed E-state index contributed by atoms with van der Waals surface area (Å²) in [6.45, 7) is 17.9. The van der Waals surface area contributed by atoms with E-state index in [1.165, 1.54) is 0 Å². The van der Waals surface area contributed by atoms with Crippen LogP contribution in [0.3, 0.4) is 0 Å². The van der Waals surface area contributed by atoms with Gasteiger partial charge in [0, 0.05) is 30.5 Å². The second-order valence-electron chi connectivity index (χ2n) is 9.17. The molecule has 2 aliphatic heterocycles. The zero-order valence-electron chi connectivity index (χ0n) is 15.7. The molecule has 1 N–H and O–H groups in total. The number of piperidine rings is 1. The van der Waals surface area contributed by atoms with Crippen LogP contribution in [-0.4, -0.2) is 39.8 Å². The van der Waals surface area contributed by atoms with Gasteiger partial charge in [0.15, 0.2) is 5.60 Å². The number of hydrogen-bond donors (Lipinski definition) is 1. The molecule has 0 bridgehead atoms. The van der Waals surface area contributed by atoms with Crippen molar-refractivity contribution in [2.75, 3.05) is 6.54 Å². The van der Waals surface area contributed by atoms with Gasteiger partial charge in [-0.3, -0.25) is 4.79 Å². The smallest absolute Gasteiger partial charge is 0.257 e. The first-order valence-corrected chi connectivity index (χ1v) is 8.66. The molecular weight excluding hydrogens is 276 g/mol. The highest BCUT2D eigenvalue weighted by molar-refractivity contribution is 5.88. The monoisotopic (exact) mass is 310 g/mol. The molecule has 1 spiro atoms. The molecule has 0 aromatic heterocycles. The minimum atomic E-state index is -0.683. The number of nitrogens with one attached hydrogen (secondary N) is 1. The first-order chi connectivity index (χ1) is 9.85. The van der Waals surface area contributed by atoms with Crippen LogP contribution >= 0.6 is 0 Å². The summed E-state index contributed by atoms with van der Waals surface area (Å²) >= 11 is 0. The van der Waals surface area contributed by atoms with Crippen molar-refractivity contribution in [2.24, 2.45) is 5.92 Å². The number of carbonyl (C=O) groups is 1. The molecule has 128 valence electrons. The summed E-state index contributed by atoms with van der Waals surface area (Å²) in [6.07, 6.45) is 2.33. The third-order valence-electron chi connectivity index (χ3n) is 4.86. The average Bonchev–Trinajstić information content (AvgIpc) is 2.39. The average molecular weight is 310 g/mol. The lowest BCUT2D eigenvalue weighted by Gasteiger charge is -2.50. The SMILES string of the molecule is CCN1C(=O)C2(CC(C)(C)NC(C)(C)C2)OC1(C)CC(C)C. The largest absolute Gasteiger partial charge is 0.339 e. The maximum Gasteiger partial charge on any atom is 0.257 e.